The van der Waals surface area contributed by atoms with E-state index in [1.807, 2.05) is 14.0 Å². The standard InChI is InChI=1S/C11H18ClN3O/c1-4-10-13-9(12)8-11(14-10)15(2)6-5-7-16-3/h8H,4-7H2,1-3H3. The predicted octanol–water partition coefficient (Wildman–Crippen LogP) is 2.17. The van der Waals surface area contributed by atoms with Gasteiger partial charge in [-0.25, -0.2) is 9.97 Å². The quantitative estimate of drug-likeness (QED) is 0.567. The minimum absolute atomic E-state index is 0.500. The number of ether oxygens (including phenoxy) is 1. The average Bonchev–Trinajstić information content (AvgIpc) is 2.28. The summed E-state index contributed by atoms with van der Waals surface area (Å²) in [7, 11) is 3.70. The summed E-state index contributed by atoms with van der Waals surface area (Å²) in [6.07, 6.45) is 1.76. The fourth-order valence-corrected chi connectivity index (χ4v) is 1.56. The van der Waals surface area contributed by atoms with Gasteiger partial charge in [-0.15, -0.1) is 0 Å². The van der Waals surface area contributed by atoms with Gasteiger partial charge in [0, 0.05) is 39.8 Å². The molecule has 5 heteroatoms. The van der Waals surface area contributed by atoms with E-state index in [9.17, 15) is 0 Å². The molecule has 0 fully saturated rings. The van der Waals surface area contributed by atoms with Crippen LogP contribution in [0, 0.1) is 0 Å². The molecule has 0 radical (unpaired) electrons. The Morgan fingerprint density at radius 1 is 1.44 bits per heavy atom. The first-order chi connectivity index (χ1) is 7.67. The number of hydrogen-bond donors (Lipinski definition) is 0. The molecule has 1 aromatic rings. The second-order valence-corrected chi connectivity index (χ2v) is 3.97. The lowest BCUT2D eigenvalue weighted by Gasteiger charge is -2.18. The molecule has 0 aliphatic heterocycles. The van der Waals surface area contributed by atoms with E-state index in [1.165, 1.54) is 0 Å². The number of hydrogen-bond acceptors (Lipinski definition) is 4. The molecular formula is C11H18ClN3O. The van der Waals surface area contributed by atoms with Gasteiger partial charge < -0.3 is 9.64 Å². The monoisotopic (exact) mass is 243 g/mol. The summed E-state index contributed by atoms with van der Waals surface area (Å²) >= 11 is 5.93. The maximum absolute atomic E-state index is 5.93. The predicted molar refractivity (Wildman–Crippen MR) is 66.2 cm³/mol. The Kier molecular flexibility index (Phi) is 5.49. The van der Waals surface area contributed by atoms with E-state index < -0.39 is 0 Å². The number of anilines is 1. The zero-order valence-electron chi connectivity index (χ0n) is 10.0. The van der Waals surface area contributed by atoms with Gasteiger partial charge in [0.2, 0.25) is 0 Å². The highest BCUT2D eigenvalue weighted by Gasteiger charge is 2.06. The molecule has 16 heavy (non-hydrogen) atoms. The van der Waals surface area contributed by atoms with Crippen LogP contribution >= 0.6 is 11.6 Å². The number of aryl methyl sites for hydroxylation is 1. The summed E-state index contributed by atoms with van der Waals surface area (Å²) in [6.45, 7) is 3.66. The maximum atomic E-state index is 5.93. The average molecular weight is 244 g/mol. The van der Waals surface area contributed by atoms with Crippen molar-refractivity contribution in [2.24, 2.45) is 0 Å². The van der Waals surface area contributed by atoms with E-state index in [-0.39, 0.29) is 0 Å². The number of methoxy groups -OCH3 is 1. The van der Waals surface area contributed by atoms with Crippen molar-refractivity contribution >= 4 is 17.4 Å². The van der Waals surface area contributed by atoms with Crippen molar-refractivity contribution in [1.29, 1.82) is 0 Å². The van der Waals surface area contributed by atoms with Crippen molar-refractivity contribution < 1.29 is 4.74 Å². The van der Waals surface area contributed by atoms with Crippen molar-refractivity contribution in [3.8, 4) is 0 Å². The third kappa shape index (κ3) is 3.94. The topological polar surface area (TPSA) is 38.2 Å². The SMILES string of the molecule is CCc1nc(Cl)cc(N(C)CCCOC)n1. The van der Waals surface area contributed by atoms with Crippen LogP contribution in [0.2, 0.25) is 5.15 Å². The van der Waals surface area contributed by atoms with Crippen LogP contribution in [0.15, 0.2) is 6.07 Å². The van der Waals surface area contributed by atoms with Gasteiger partial charge in [0.15, 0.2) is 0 Å². The summed E-state index contributed by atoms with van der Waals surface area (Å²) in [4.78, 5) is 10.6. The molecule has 0 amide bonds. The van der Waals surface area contributed by atoms with Gasteiger partial charge in [0.05, 0.1) is 0 Å². The van der Waals surface area contributed by atoms with Crippen LogP contribution in [-0.2, 0) is 11.2 Å². The number of aromatic nitrogens is 2. The molecular weight excluding hydrogens is 226 g/mol. The van der Waals surface area contributed by atoms with E-state index in [4.69, 9.17) is 16.3 Å². The van der Waals surface area contributed by atoms with E-state index >= 15 is 0 Å². The van der Waals surface area contributed by atoms with Gasteiger partial charge in [-0.2, -0.15) is 0 Å². The first-order valence-electron chi connectivity index (χ1n) is 5.41. The molecule has 0 spiro atoms. The summed E-state index contributed by atoms with van der Waals surface area (Å²) in [5, 5.41) is 0.500. The molecule has 0 atom stereocenters. The fraction of sp³-hybridized carbons (Fsp3) is 0.636. The second-order valence-electron chi connectivity index (χ2n) is 3.59. The normalized spacial score (nSPS) is 10.5. The van der Waals surface area contributed by atoms with Crippen molar-refractivity contribution in [2.45, 2.75) is 19.8 Å². The molecule has 0 saturated carbocycles. The van der Waals surface area contributed by atoms with Crippen LogP contribution in [0.1, 0.15) is 19.2 Å². The highest BCUT2D eigenvalue weighted by molar-refractivity contribution is 6.29. The van der Waals surface area contributed by atoms with Crippen LogP contribution in [-0.4, -0.2) is 37.3 Å². The van der Waals surface area contributed by atoms with Crippen LogP contribution in [0.3, 0.4) is 0 Å². The Hall–Kier alpha value is -0.870. The minimum atomic E-state index is 0.500. The smallest absolute Gasteiger partial charge is 0.134 e. The second kappa shape index (κ2) is 6.66. The van der Waals surface area contributed by atoms with E-state index in [0.29, 0.717) is 5.15 Å². The van der Waals surface area contributed by atoms with E-state index in [1.54, 1.807) is 13.2 Å². The Bertz CT molecular complexity index is 333. The summed E-state index contributed by atoms with van der Waals surface area (Å²) in [5.74, 6) is 1.65. The molecule has 0 aromatic carbocycles. The summed E-state index contributed by atoms with van der Waals surface area (Å²) < 4.78 is 5.01. The molecule has 4 nitrogen and oxygen atoms in total. The lowest BCUT2D eigenvalue weighted by atomic mass is 10.4. The van der Waals surface area contributed by atoms with Crippen LogP contribution in [0.4, 0.5) is 5.82 Å². The summed E-state index contributed by atoms with van der Waals surface area (Å²) in [6, 6.07) is 1.79. The van der Waals surface area contributed by atoms with Gasteiger partial charge >= 0.3 is 0 Å². The van der Waals surface area contributed by atoms with Gasteiger partial charge in [0.25, 0.3) is 0 Å². The fourth-order valence-electron chi connectivity index (χ4n) is 1.37. The zero-order chi connectivity index (χ0) is 12.0. The first kappa shape index (κ1) is 13.2. The molecule has 0 bridgehead atoms. The summed E-state index contributed by atoms with van der Waals surface area (Å²) in [5.41, 5.74) is 0. The molecule has 0 aliphatic rings. The number of rotatable bonds is 6. The van der Waals surface area contributed by atoms with Gasteiger partial charge in [-0.3, -0.25) is 0 Å². The molecule has 1 rings (SSSR count). The highest BCUT2D eigenvalue weighted by atomic mass is 35.5. The zero-order valence-corrected chi connectivity index (χ0v) is 10.8. The van der Waals surface area contributed by atoms with Crippen LogP contribution in [0.25, 0.3) is 0 Å². The van der Waals surface area contributed by atoms with Crippen molar-refractivity contribution in [1.82, 2.24) is 9.97 Å². The maximum Gasteiger partial charge on any atom is 0.134 e. The molecule has 0 aliphatic carbocycles. The first-order valence-corrected chi connectivity index (χ1v) is 5.78. The Morgan fingerprint density at radius 3 is 2.81 bits per heavy atom. The number of halogens is 1. The van der Waals surface area contributed by atoms with E-state index in [2.05, 4.69) is 14.9 Å². The van der Waals surface area contributed by atoms with Crippen LogP contribution < -0.4 is 4.90 Å². The molecule has 90 valence electrons. The Labute approximate surface area is 102 Å². The minimum Gasteiger partial charge on any atom is -0.385 e. The highest BCUT2D eigenvalue weighted by Crippen LogP contribution is 2.15. The lowest BCUT2D eigenvalue weighted by Crippen LogP contribution is -2.21. The number of nitrogens with zero attached hydrogens (tertiary/aromatic N) is 3. The molecule has 0 unspecified atom stereocenters. The third-order valence-electron chi connectivity index (χ3n) is 2.28. The van der Waals surface area contributed by atoms with Crippen molar-refractivity contribution in [3.63, 3.8) is 0 Å². The van der Waals surface area contributed by atoms with Crippen molar-refractivity contribution in [2.75, 3.05) is 32.2 Å². The Balaban J connectivity index is 2.66. The molecule has 0 saturated heterocycles. The molecule has 1 aromatic heterocycles. The lowest BCUT2D eigenvalue weighted by molar-refractivity contribution is 0.196. The molecule has 1 heterocycles. The van der Waals surface area contributed by atoms with Gasteiger partial charge in [0.1, 0.15) is 16.8 Å². The van der Waals surface area contributed by atoms with E-state index in [0.717, 1.165) is 37.6 Å². The van der Waals surface area contributed by atoms with Crippen LogP contribution in [0.5, 0.6) is 0 Å². The Morgan fingerprint density at radius 2 is 2.19 bits per heavy atom. The van der Waals surface area contributed by atoms with Gasteiger partial charge in [-0.1, -0.05) is 18.5 Å². The molecule has 0 N–H and O–H groups in total. The van der Waals surface area contributed by atoms with Gasteiger partial charge in [-0.05, 0) is 6.42 Å². The largest absolute Gasteiger partial charge is 0.385 e. The van der Waals surface area contributed by atoms with Crippen molar-refractivity contribution in [3.05, 3.63) is 17.0 Å². The third-order valence-corrected chi connectivity index (χ3v) is 2.47.